The monoisotopic (exact) mass is 640 g/mol. The molecule has 0 aromatic rings. The van der Waals surface area contributed by atoms with Gasteiger partial charge in [-0.25, -0.2) is 0 Å². The maximum Gasteiger partial charge on any atom is 0.460 e. The lowest BCUT2D eigenvalue weighted by molar-refractivity contribution is -0.465. The molecule has 0 atom stereocenters. The van der Waals surface area contributed by atoms with Gasteiger partial charge in [0.25, 0.3) is 0 Å². The Morgan fingerprint density at radius 2 is 0.732 bits per heavy atom. The Hall–Kier alpha value is -2.08. The van der Waals surface area contributed by atoms with Gasteiger partial charge in [0.15, 0.2) is 11.4 Å². The standard InChI is InChI=1S/C22H21F17O2/c1-12(2,3)9-7-14(41,8-10(11(9)40)13(4,5)6)15(23,24)16(25,26)17(27,28)18(29,30)19(31,32)20(33,34)21(35,36)22(37,38)39/h7-8,41H,1-6H3. The van der Waals surface area contributed by atoms with Crippen molar-refractivity contribution in [2.24, 2.45) is 10.8 Å². The summed E-state index contributed by atoms with van der Waals surface area (Å²) in [6, 6.07) is 0. The van der Waals surface area contributed by atoms with Crippen LogP contribution in [0.5, 0.6) is 0 Å². The average molecular weight is 640 g/mol. The van der Waals surface area contributed by atoms with Gasteiger partial charge in [0.2, 0.25) is 0 Å². The van der Waals surface area contributed by atoms with E-state index in [9.17, 15) is 75.8 Å². The predicted molar refractivity (Wildman–Crippen MR) is 106 cm³/mol. The van der Waals surface area contributed by atoms with Crippen molar-refractivity contribution < 1.29 is 84.5 Å². The number of halogens is 17. The van der Waals surface area contributed by atoms with Crippen LogP contribution in [0.2, 0.25) is 0 Å². The number of carbonyl (C=O) groups is 1. The molecule has 0 heterocycles. The zero-order chi connectivity index (χ0) is 33.6. The first-order chi connectivity index (χ1) is 17.3. The molecule has 0 saturated heterocycles. The molecule has 0 radical (unpaired) electrons. The number of rotatable bonds is 7. The van der Waals surface area contributed by atoms with Crippen molar-refractivity contribution in [3.05, 3.63) is 23.3 Å². The highest BCUT2D eigenvalue weighted by Crippen LogP contribution is 2.65. The molecule has 0 spiro atoms. The van der Waals surface area contributed by atoms with Gasteiger partial charge in [-0.15, -0.1) is 0 Å². The summed E-state index contributed by atoms with van der Waals surface area (Å²) in [4.78, 5) is 12.8. The zero-order valence-corrected chi connectivity index (χ0v) is 21.4. The number of alkyl halides is 17. The van der Waals surface area contributed by atoms with Gasteiger partial charge in [-0.3, -0.25) is 4.79 Å². The molecule has 240 valence electrons. The van der Waals surface area contributed by atoms with Gasteiger partial charge in [-0.1, -0.05) is 41.5 Å². The minimum Gasteiger partial charge on any atom is -0.375 e. The van der Waals surface area contributed by atoms with Crippen molar-refractivity contribution in [2.45, 2.75) is 94.8 Å². The summed E-state index contributed by atoms with van der Waals surface area (Å²) in [5, 5.41) is 10.4. The smallest absolute Gasteiger partial charge is 0.375 e. The van der Waals surface area contributed by atoms with Crippen LogP contribution in [0.15, 0.2) is 23.3 Å². The number of Topliss-reactive ketones (excluding diaryl/α,β-unsaturated/α-hetero) is 1. The number of hydrogen-bond donors (Lipinski definition) is 1. The highest BCUT2D eigenvalue weighted by atomic mass is 19.4. The number of carbonyl (C=O) groups excluding carboxylic acids is 1. The fourth-order valence-electron chi connectivity index (χ4n) is 3.47. The molecule has 0 saturated carbocycles. The lowest BCUT2D eigenvalue weighted by Crippen LogP contribution is -2.76. The van der Waals surface area contributed by atoms with E-state index < -0.39 is 93.1 Å². The van der Waals surface area contributed by atoms with Gasteiger partial charge in [0.05, 0.1) is 0 Å². The maximum absolute atomic E-state index is 15.1. The molecule has 1 aliphatic carbocycles. The van der Waals surface area contributed by atoms with E-state index in [1.807, 2.05) is 0 Å². The summed E-state index contributed by atoms with van der Waals surface area (Å²) in [6.45, 7) is 6.20. The number of allylic oxidation sites excluding steroid dienone is 2. The molecule has 0 unspecified atom stereocenters. The molecule has 19 heteroatoms. The molecule has 0 bridgehead atoms. The van der Waals surface area contributed by atoms with Crippen LogP contribution in [-0.4, -0.2) is 64.1 Å². The van der Waals surface area contributed by atoms with E-state index >= 15 is 8.78 Å². The molecule has 1 rings (SSSR count). The largest absolute Gasteiger partial charge is 0.460 e. The highest BCUT2D eigenvalue weighted by Gasteiger charge is 2.96. The van der Waals surface area contributed by atoms with E-state index in [1.165, 1.54) is 0 Å². The molecule has 0 aromatic heterocycles. The van der Waals surface area contributed by atoms with E-state index in [0.717, 1.165) is 41.5 Å². The first-order valence-electron chi connectivity index (χ1n) is 10.8. The van der Waals surface area contributed by atoms with E-state index in [4.69, 9.17) is 0 Å². The second kappa shape index (κ2) is 9.21. The Bertz CT molecular complexity index is 1080. The molecule has 0 aliphatic heterocycles. The van der Waals surface area contributed by atoms with Crippen LogP contribution in [0.4, 0.5) is 74.6 Å². The third-order valence-corrected chi connectivity index (χ3v) is 6.06. The van der Waals surface area contributed by atoms with Crippen molar-refractivity contribution in [2.75, 3.05) is 0 Å². The summed E-state index contributed by atoms with van der Waals surface area (Å²) in [7, 11) is 0. The lowest BCUT2D eigenvalue weighted by Gasteiger charge is -2.46. The molecule has 0 amide bonds. The van der Waals surface area contributed by atoms with Gasteiger partial charge in [0, 0.05) is 11.1 Å². The van der Waals surface area contributed by atoms with Gasteiger partial charge < -0.3 is 5.11 Å². The highest BCUT2D eigenvalue weighted by molar-refractivity contribution is 6.11. The Morgan fingerprint density at radius 3 is 0.976 bits per heavy atom. The average Bonchev–Trinajstić information content (AvgIpc) is 2.71. The maximum atomic E-state index is 15.1. The van der Waals surface area contributed by atoms with Gasteiger partial charge in [0.1, 0.15) is 0 Å². The molecular formula is C22H21F17O2. The molecular weight excluding hydrogens is 619 g/mol. The van der Waals surface area contributed by atoms with Gasteiger partial charge in [-0.05, 0) is 23.0 Å². The minimum absolute atomic E-state index is 0.503. The fourth-order valence-corrected chi connectivity index (χ4v) is 3.47. The minimum atomic E-state index is -8.79. The van der Waals surface area contributed by atoms with Crippen LogP contribution in [0.3, 0.4) is 0 Å². The van der Waals surface area contributed by atoms with E-state index in [-0.39, 0.29) is 0 Å². The Labute approximate surface area is 220 Å². The van der Waals surface area contributed by atoms with Crippen LogP contribution in [0, 0.1) is 10.8 Å². The normalized spacial score (nSPS) is 19.3. The Balaban J connectivity index is 4.05. The van der Waals surface area contributed by atoms with Crippen LogP contribution >= 0.6 is 0 Å². The van der Waals surface area contributed by atoms with Crippen molar-refractivity contribution in [3.63, 3.8) is 0 Å². The third-order valence-electron chi connectivity index (χ3n) is 6.06. The second-order valence-electron chi connectivity index (χ2n) is 11.3. The lowest BCUT2D eigenvalue weighted by atomic mass is 9.67. The SMILES string of the molecule is CC(C)(C)C1=CC(O)(C(F)(F)C(F)(F)C(F)(F)C(F)(F)C(F)(F)C(F)(F)C(F)(F)C(F)(F)F)C=C(C(C)(C)C)C1=O. The number of ketones is 1. The topological polar surface area (TPSA) is 37.3 Å². The molecule has 1 aliphatic rings. The summed E-state index contributed by atoms with van der Waals surface area (Å²) < 4.78 is 233. The van der Waals surface area contributed by atoms with Gasteiger partial charge in [-0.2, -0.15) is 74.6 Å². The van der Waals surface area contributed by atoms with Crippen molar-refractivity contribution >= 4 is 5.78 Å². The van der Waals surface area contributed by atoms with Crippen molar-refractivity contribution in [1.82, 2.24) is 0 Å². The first kappa shape index (κ1) is 36.9. The molecule has 0 aromatic carbocycles. The Kier molecular flexibility index (Phi) is 8.30. The summed E-state index contributed by atoms with van der Waals surface area (Å²) >= 11 is 0. The van der Waals surface area contributed by atoms with Gasteiger partial charge >= 0.3 is 47.6 Å². The van der Waals surface area contributed by atoms with Crippen LogP contribution in [0.25, 0.3) is 0 Å². The number of aliphatic hydroxyl groups is 1. The van der Waals surface area contributed by atoms with Crippen LogP contribution < -0.4 is 0 Å². The predicted octanol–water partition coefficient (Wildman–Crippen LogP) is 8.25. The summed E-state index contributed by atoms with van der Waals surface area (Å²) in [5.74, 6) is -59.6. The van der Waals surface area contributed by atoms with Crippen LogP contribution in [-0.2, 0) is 4.79 Å². The van der Waals surface area contributed by atoms with E-state index in [1.54, 1.807) is 0 Å². The van der Waals surface area contributed by atoms with Crippen LogP contribution in [0.1, 0.15) is 41.5 Å². The van der Waals surface area contributed by atoms with E-state index in [2.05, 4.69) is 0 Å². The number of hydrogen-bond acceptors (Lipinski definition) is 2. The molecule has 1 N–H and O–H groups in total. The summed E-state index contributed by atoms with van der Waals surface area (Å²) in [5.41, 5.74) is -10.4. The van der Waals surface area contributed by atoms with Crippen molar-refractivity contribution in [1.29, 1.82) is 0 Å². The first-order valence-corrected chi connectivity index (χ1v) is 10.8. The molecule has 41 heavy (non-hydrogen) atoms. The summed E-state index contributed by atoms with van der Waals surface area (Å²) in [6.07, 6.45) is -8.86. The zero-order valence-electron chi connectivity index (χ0n) is 21.4. The second-order valence-corrected chi connectivity index (χ2v) is 11.3. The third kappa shape index (κ3) is 4.90. The van der Waals surface area contributed by atoms with E-state index in [0.29, 0.717) is 0 Å². The fraction of sp³-hybridized carbons (Fsp3) is 0.773. The quantitative estimate of drug-likeness (QED) is 0.285. The molecule has 2 nitrogen and oxygen atoms in total. The van der Waals surface area contributed by atoms with Crippen molar-refractivity contribution in [3.8, 4) is 0 Å². The Morgan fingerprint density at radius 1 is 0.488 bits per heavy atom. The molecule has 0 fully saturated rings.